The Balaban J connectivity index is 2.06. The van der Waals surface area contributed by atoms with Crippen LogP contribution in [0.3, 0.4) is 0 Å². The maximum atomic E-state index is 11.3. The quantitative estimate of drug-likeness (QED) is 0.650. The molecular formula is C11H17N5O2. The summed E-state index contributed by atoms with van der Waals surface area (Å²) in [5.41, 5.74) is 5.73. The summed E-state index contributed by atoms with van der Waals surface area (Å²) in [4.78, 5) is 19.4. The van der Waals surface area contributed by atoms with Crippen molar-refractivity contribution < 1.29 is 9.53 Å². The Hall–Kier alpha value is -1.89. The standard InChI is InChI=1S/C11H17N5O2/c1-18-11(17)9-10(12)16-8(6-14-9)15-7-2-4-13-5-3-7/h6-7,13H,2-5H2,1H3,(H3,12,15,16). The van der Waals surface area contributed by atoms with Crippen LogP contribution in [0, 0.1) is 0 Å². The fourth-order valence-electron chi connectivity index (χ4n) is 1.90. The number of ether oxygens (including phenoxy) is 1. The summed E-state index contributed by atoms with van der Waals surface area (Å²) >= 11 is 0. The number of hydrogen-bond acceptors (Lipinski definition) is 7. The zero-order valence-corrected chi connectivity index (χ0v) is 10.3. The van der Waals surface area contributed by atoms with Crippen molar-refractivity contribution in [3.63, 3.8) is 0 Å². The van der Waals surface area contributed by atoms with E-state index in [9.17, 15) is 4.79 Å². The van der Waals surface area contributed by atoms with Crippen molar-refractivity contribution in [2.24, 2.45) is 0 Å². The molecule has 0 atom stereocenters. The van der Waals surface area contributed by atoms with Gasteiger partial charge in [-0.25, -0.2) is 14.8 Å². The summed E-state index contributed by atoms with van der Waals surface area (Å²) in [5.74, 6) is 0.0984. The second-order valence-electron chi connectivity index (χ2n) is 4.15. The number of piperidine rings is 1. The van der Waals surface area contributed by atoms with E-state index in [0.717, 1.165) is 25.9 Å². The summed E-state index contributed by atoms with van der Waals surface area (Å²) in [5, 5.41) is 6.54. The highest BCUT2D eigenvalue weighted by molar-refractivity contribution is 5.91. The Labute approximate surface area is 105 Å². The van der Waals surface area contributed by atoms with Gasteiger partial charge in [0, 0.05) is 6.04 Å². The number of hydrogen-bond donors (Lipinski definition) is 3. The third-order valence-corrected chi connectivity index (χ3v) is 2.87. The number of anilines is 2. The molecule has 1 aromatic heterocycles. The minimum Gasteiger partial charge on any atom is -0.464 e. The molecule has 2 heterocycles. The van der Waals surface area contributed by atoms with Crippen molar-refractivity contribution in [2.45, 2.75) is 18.9 Å². The molecule has 1 aliphatic heterocycles. The maximum absolute atomic E-state index is 11.3. The molecule has 7 nitrogen and oxygen atoms in total. The first-order valence-electron chi connectivity index (χ1n) is 5.89. The number of carbonyl (C=O) groups excluding carboxylic acids is 1. The van der Waals surface area contributed by atoms with Crippen LogP contribution < -0.4 is 16.4 Å². The molecule has 0 spiro atoms. The number of esters is 1. The number of nitrogens with zero attached hydrogens (tertiary/aromatic N) is 2. The number of aromatic nitrogens is 2. The van der Waals surface area contributed by atoms with Crippen LogP contribution in [0.4, 0.5) is 11.6 Å². The fraction of sp³-hybridized carbons (Fsp3) is 0.545. The highest BCUT2D eigenvalue weighted by atomic mass is 16.5. The van der Waals surface area contributed by atoms with Crippen LogP contribution in [0.2, 0.25) is 0 Å². The molecule has 0 aliphatic carbocycles. The number of carbonyl (C=O) groups is 1. The van der Waals surface area contributed by atoms with E-state index in [4.69, 9.17) is 5.73 Å². The van der Waals surface area contributed by atoms with Crippen molar-refractivity contribution in [3.05, 3.63) is 11.9 Å². The smallest absolute Gasteiger partial charge is 0.360 e. The first-order chi connectivity index (χ1) is 8.70. The lowest BCUT2D eigenvalue weighted by molar-refractivity contribution is 0.0595. The van der Waals surface area contributed by atoms with Gasteiger partial charge in [-0.1, -0.05) is 0 Å². The molecular weight excluding hydrogens is 234 g/mol. The number of nitrogens with one attached hydrogen (secondary N) is 2. The molecule has 0 unspecified atom stereocenters. The average Bonchev–Trinajstić information content (AvgIpc) is 2.39. The summed E-state index contributed by atoms with van der Waals surface area (Å²) in [7, 11) is 1.28. The van der Waals surface area contributed by atoms with Gasteiger partial charge in [0.25, 0.3) is 0 Å². The van der Waals surface area contributed by atoms with Gasteiger partial charge in [-0.3, -0.25) is 0 Å². The van der Waals surface area contributed by atoms with E-state index in [1.807, 2.05) is 0 Å². The van der Waals surface area contributed by atoms with Crippen molar-refractivity contribution in [1.29, 1.82) is 0 Å². The molecule has 0 amide bonds. The normalized spacial score (nSPS) is 16.3. The van der Waals surface area contributed by atoms with Gasteiger partial charge in [-0.05, 0) is 25.9 Å². The molecule has 98 valence electrons. The Bertz CT molecular complexity index is 431. The zero-order chi connectivity index (χ0) is 13.0. The predicted octanol–water partition coefficient (Wildman–Crippen LogP) is 0.00930. The van der Waals surface area contributed by atoms with Crippen LogP contribution in [0.25, 0.3) is 0 Å². The lowest BCUT2D eigenvalue weighted by Gasteiger charge is -2.24. The molecule has 0 aromatic carbocycles. The van der Waals surface area contributed by atoms with E-state index in [1.165, 1.54) is 13.3 Å². The van der Waals surface area contributed by atoms with Crippen molar-refractivity contribution in [2.75, 3.05) is 31.2 Å². The minimum atomic E-state index is -0.576. The zero-order valence-electron chi connectivity index (χ0n) is 10.3. The van der Waals surface area contributed by atoms with Crippen LogP contribution in [0.15, 0.2) is 6.20 Å². The van der Waals surface area contributed by atoms with E-state index >= 15 is 0 Å². The molecule has 0 bridgehead atoms. The highest BCUT2D eigenvalue weighted by Crippen LogP contribution is 2.14. The molecule has 4 N–H and O–H groups in total. The topological polar surface area (TPSA) is 102 Å². The SMILES string of the molecule is COC(=O)c1ncc(NC2CCNCC2)nc1N. The van der Waals surface area contributed by atoms with E-state index in [-0.39, 0.29) is 11.5 Å². The summed E-state index contributed by atoms with van der Waals surface area (Å²) in [6, 6.07) is 0.365. The minimum absolute atomic E-state index is 0.0494. The van der Waals surface area contributed by atoms with Gasteiger partial charge < -0.3 is 21.1 Å². The number of nitrogens with two attached hydrogens (primary N) is 1. The van der Waals surface area contributed by atoms with E-state index in [1.54, 1.807) is 0 Å². The Morgan fingerprint density at radius 1 is 1.56 bits per heavy atom. The van der Waals surface area contributed by atoms with Gasteiger partial charge in [0.15, 0.2) is 11.5 Å². The van der Waals surface area contributed by atoms with E-state index in [2.05, 4.69) is 25.3 Å². The van der Waals surface area contributed by atoms with Crippen LogP contribution in [0.5, 0.6) is 0 Å². The van der Waals surface area contributed by atoms with Crippen LogP contribution >= 0.6 is 0 Å². The molecule has 0 saturated carbocycles. The highest BCUT2D eigenvalue weighted by Gasteiger charge is 2.16. The monoisotopic (exact) mass is 251 g/mol. The largest absolute Gasteiger partial charge is 0.464 e. The number of rotatable bonds is 3. The van der Waals surface area contributed by atoms with Crippen molar-refractivity contribution in [3.8, 4) is 0 Å². The van der Waals surface area contributed by atoms with Gasteiger partial charge >= 0.3 is 5.97 Å². The molecule has 2 rings (SSSR count). The molecule has 1 aliphatic rings. The van der Waals surface area contributed by atoms with Crippen LogP contribution in [-0.4, -0.2) is 42.2 Å². The van der Waals surface area contributed by atoms with E-state index < -0.39 is 5.97 Å². The lowest BCUT2D eigenvalue weighted by Crippen LogP contribution is -2.35. The van der Waals surface area contributed by atoms with Gasteiger partial charge in [-0.2, -0.15) is 0 Å². The fourth-order valence-corrected chi connectivity index (χ4v) is 1.90. The van der Waals surface area contributed by atoms with Crippen molar-refractivity contribution >= 4 is 17.6 Å². The predicted molar refractivity (Wildman–Crippen MR) is 67.3 cm³/mol. The van der Waals surface area contributed by atoms with E-state index in [0.29, 0.717) is 11.9 Å². The summed E-state index contributed by atoms with van der Waals surface area (Å²) < 4.78 is 4.56. The summed E-state index contributed by atoms with van der Waals surface area (Å²) in [6.07, 6.45) is 3.56. The number of methoxy groups -OCH3 is 1. The molecule has 18 heavy (non-hydrogen) atoms. The molecule has 1 fully saturated rings. The molecule has 1 saturated heterocycles. The molecule has 7 heteroatoms. The third-order valence-electron chi connectivity index (χ3n) is 2.87. The Morgan fingerprint density at radius 3 is 2.89 bits per heavy atom. The maximum Gasteiger partial charge on any atom is 0.360 e. The van der Waals surface area contributed by atoms with Gasteiger partial charge in [0.2, 0.25) is 0 Å². The van der Waals surface area contributed by atoms with Gasteiger partial charge in [0.1, 0.15) is 5.82 Å². The van der Waals surface area contributed by atoms with Crippen molar-refractivity contribution in [1.82, 2.24) is 15.3 Å². The molecule has 1 aromatic rings. The van der Waals surface area contributed by atoms with Gasteiger partial charge in [0.05, 0.1) is 13.3 Å². The van der Waals surface area contributed by atoms with Gasteiger partial charge in [-0.15, -0.1) is 0 Å². The lowest BCUT2D eigenvalue weighted by atomic mass is 10.1. The van der Waals surface area contributed by atoms with Crippen LogP contribution in [-0.2, 0) is 4.74 Å². The third kappa shape index (κ3) is 2.86. The summed E-state index contributed by atoms with van der Waals surface area (Å²) in [6.45, 7) is 1.97. The first-order valence-corrected chi connectivity index (χ1v) is 5.89. The van der Waals surface area contributed by atoms with Crippen LogP contribution in [0.1, 0.15) is 23.3 Å². The Morgan fingerprint density at radius 2 is 2.28 bits per heavy atom. The number of nitrogen functional groups attached to an aromatic ring is 1. The first kappa shape index (κ1) is 12.6. The molecule has 0 radical (unpaired) electrons. The second kappa shape index (κ2) is 5.63. The Kier molecular flexibility index (Phi) is 3.93. The second-order valence-corrected chi connectivity index (χ2v) is 4.15. The average molecular weight is 251 g/mol.